The Hall–Kier alpha value is -0.870. The van der Waals surface area contributed by atoms with E-state index >= 15 is 0 Å². The van der Waals surface area contributed by atoms with Crippen LogP contribution in [0.2, 0.25) is 0 Å². The summed E-state index contributed by atoms with van der Waals surface area (Å²) < 4.78 is 5.55. The van der Waals surface area contributed by atoms with Gasteiger partial charge in [-0.1, -0.05) is 6.92 Å². The predicted molar refractivity (Wildman–Crippen MR) is 67.9 cm³/mol. The van der Waals surface area contributed by atoms with E-state index in [2.05, 4.69) is 29.0 Å². The average Bonchev–Trinajstić information content (AvgIpc) is 2.77. The number of hydrogen-bond acceptors (Lipinski definition) is 4. The zero-order valence-corrected chi connectivity index (χ0v) is 11.1. The fourth-order valence-electron chi connectivity index (χ4n) is 2.41. The molecule has 1 aromatic rings. The normalized spacial score (nSPS) is 20.6. The van der Waals surface area contributed by atoms with Crippen LogP contribution in [-0.2, 0) is 0 Å². The number of nitrogens with zero attached hydrogens (tertiary/aromatic N) is 2. The second-order valence-electron chi connectivity index (χ2n) is 4.91. The standard InChI is InChI=1S/C13H23N3O/c1-4-16-7-5-12(6-8-16)15-11(3)13-14-9-10(2)17-13/h9,11-12,15H,4-8H2,1-3H3. The lowest BCUT2D eigenvalue weighted by atomic mass is 10.0. The Labute approximate surface area is 103 Å². The van der Waals surface area contributed by atoms with Crippen LogP contribution in [-0.4, -0.2) is 35.6 Å². The smallest absolute Gasteiger partial charge is 0.211 e. The summed E-state index contributed by atoms with van der Waals surface area (Å²) in [5.41, 5.74) is 0. The van der Waals surface area contributed by atoms with Gasteiger partial charge in [0, 0.05) is 6.04 Å². The van der Waals surface area contributed by atoms with Crippen LogP contribution in [0.1, 0.15) is 44.4 Å². The number of aryl methyl sites for hydroxylation is 1. The van der Waals surface area contributed by atoms with Crippen molar-refractivity contribution in [2.45, 2.75) is 45.7 Å². The molecule has 1 atom stereocenters. The van der Waals surface area contributed by atoms with Crippen molar-refractivity contribution in [1.82, 2.24) is 15.2 Å². The van der Waals surface area contributed by atoms with Gasteiger partial charge in [-0.05, 0) is 46.3 Å². The molecule has 0 aromatic carbocycles. The largest absolute Gasteiger partial charge is 0.444 e. The minimum atomic E-state index is 0.210. The van der Waals surface area contributed by atoms with Crippen LogP contribution in [0.25, 0.3) is 0 Å². The van der Waals surface area contributed by atoms with Gasteiger partial charge in [-0.25, -0.2) is 4.98 Å². The van der Waals surface area contributed by atoms with E-state index in [1.165, 1.54) is 32.5 Å². The van der Waals surface area contributed by atoms with Gasteiger partial charge < -0.3 is 14.6 Å². The SMILES string of the molecule is CCN1CCC(NC(C)c2ncc(C)o2)CC1. The maximum Gasteiger partial charge on any atom is 0.211 e. The first kappa shape index (κ1) is 12.6. The Morgan fingerprint density at radius 3 is 2.76 bits per heavy atom. The molecule has 0 bridgehead atoms. The first-order valence-electron chi connectivity index (χ1n) is 6.59. The predicted octanol–water partition coefficient (Wildman–Crippen LogP) is 2.12. The highest BCUT2D eigenvalue weighted by Gasteiger charge is 2.21. The quantitative estimate of drug-likeness (QED) is 0.871. The molecule has 1 aliphatic rings. The van der Waals surface area contributed by atoms with E-state index in [1.54, 1.807) is 6.20 Å². The molecular formula is C13H23N3O. The van der Waals surface area contributed by atoms with Gasteiger partial charge in [0.25, 0.3) is 0 Å². The Morgan fingerprint density at radius 2 is 2.24 bits per heavy atom. The molecule has 1 aromatic heterocycles. The van der Waals surface area contributed by atoms with Crippen LogP contribution < -0.4 is 5.32 Å². The van der Waals surface area contributed by atoms with Gasteiger partial charge in [-0.15, -0.1) is 0 Å². The summed E-state index contributed by atoms with van der Waals surface area (Å²) in [5, 5.41) is 3.61. The number of aromatic nitrogens is 1. The Kier molecular flexibility index (Phi) is 4.18. The van der Waals surface area contributed by atoms with E-state index in [0.29, 0.717) is 6.04 Å². The van der Waals surface area contributed by atoms with Gasteiger partial charge in [0.15, 0.2) is 0 Å². The first-order chi connectivity index (χ1) is 8.19. The molecule has 0 saturated carbocycles. The molecule has 0 radical (unpaired) electrons. The highest BCUT2D eigenvalue weighted by molar-refractivity contribution is 4.96. The Balaban J connectivity index is 1.81. The molecule has 1 fully saturated rings. The van der Waals surface area contributed by atoms with E-state index in [4.69, 9.17) is 4.42 Å². The molecule has 4 nitrogen and oxygen atoms in total. The van der Waals surface area contributed by atoms with Crippen molar-refractivity contribution in [2.24, 2.45) is 0 Å². The van der Waals surface area contributed by atoms with Gasteiger partial charge >= 0.3 is 0 Å². The molecule has 0 amide bonds. The van der Waals surface area contributed by atoms with Crippen LogP contribution in [0.15, 0.2) is 10.6 Å². The summed E-state index contributed by atoms with van der Waals surface area (Å²) in [4.78, 5) is 6.77. The van der Waals surface area contributed by atoms with E-state index in [1.807, 2.05) is 6.92 Å². The molecular weight excluding hydrogens is 214 g/mol. The van der Waals surface area contributed by atoms with Gasteiger partial charge in [-0.3, -0.25) is 0 Å². The second-order valence-corrected chi connectivity index (χ2v) is 4.91. The van der Waals surface area contributed by atoms with Crippen LogP contribution in [0.5, 0.6) is 0 Å². The number of hydrogen-bond donors (Lipinski definition) is 1. The van der Waals surface area contributed by atoms with Crippen molar-refractivity contribution in [3.63, 3.8) is 0 Å². The van der Waals surface area contributed by atoms with Gasteiger partial charge in [-0.2, -0.15) is 0 Å². The third-order valence-corrected chi connectivity index (χ3v) is 3.53. The third-order valence-electron chi connectivity index (χ3n) is 3.53. The monoisotopic (exact) mass is 237 g/mol. The molecule has 2 rings (SSSR count). The molecule has 0 spiro atoms. The molecule has 96 valence electrons. The zero-order chi connectivity index (χ0) is 12.3. The second kappa shape index (κ2) is 5.65. The van der Waals surface area contributed by atoms with E-state index in [-0.39, 0.29) is 6.04 Å². The lowest BCUT2D eigenvalue weighted by molar-refractivity contribution is 0.196. The molecule has 1 unspecified atom stereocenters. The highest BCUT2D eigenvalue weighted by Crippen LogP contribution is 2.17. The molecule has 1 aliphatic heterocycles. The number of likely N-dealkylation sites (tertiary alicyclic amines) is 1. The van der Waals surface area contributed by atoms with Crippen molar-refractivity contribution in [3.05, 3.63) is 17.8 Å². The van der Waals surface area contributed by atoms with Crippen molar-refractivity contribution in [2.75, 3.05) is 19.6 Å². The third kappa shape index (κ3) is 3.30. The van der Waals surface area contributed by atoms with Crippen molar-refractivity contribution >= 4 is 0 Å². The molecule has 17 heavy (non-hydrogen) atoms. The van der Waals surface area contributed by atoms with Crippen LogP contribution in [0.3, 0.4) is 0 Å². The van der Waals surface area contributed by atoms with E-state index < -0.39 is 0 Å². The Bertz CT molecular complexity index is 342. The Morgan fingerprint density at radius 1 is 1.53 bits per heavy atom. The minimum Gasteiger partial charge on any atom is -0.444 e. The first-order valence-corrected chi connectivity index (χ1v) is 6.59. The van der Waals surface area contributed by atoms with Crippen molar-refractivity contribution in [3.8, 4) is 0 Å². The van der Waals surface area contributed by atoms with Crippen LogP contribution in [0.4, 0.5) is 0 Å². The lowest BCUT2D eigenvalue weighted by Gasteiger charge is -2.32. The number of rotatable bonds is 4. The maximum atomic E-state index is 5.55. The topological polar surface area (TPSA) is 41.3 Å². The van der Waals surface area contributed by atoms with Crippen molar-refractivity contribution < 1.29 is 4.42 Å². The van der Waals surface area contributed by atoms with Crippen LogP contribution in [0, 0.1) is 6.92 Å². The summed E-state index contributed by atoms with van der Waals surface area (Å²) in [5.74, 6) is 1.69. The fourth-order valence-corrected chi connectivity index (χ4v) is 2.41. The summed E-state index contributed by atoms with van der Waals surface area (Å²) in [6.07, 6.45) is 4.23. The number of oxazole rings is 1. The summed E-state index contributed by atoms with van der Waals surface area (Å²) >= 11 is 0. The summed E-state index contributed by atoms with van der Waals surface area (Å²) in [6, 6.07) is 0.807. The van der Waals surface area contributed by atoms with Gasteiger partial charge in [0.05, 0.1) is 12.2 Å². The van der Waals surface area contributed by atoms with E-state index in [9.17, 15) is 0 Å². The highest BCUT2D eigenvalue weighted by atomic mass is 16.4. The van der Waals surface area contributed by atoms with Crippen molar-refractivity contribution in [1.29, 1.82) is 0 Å². The molecule has 0 aliphatic carbocycles. The molecule has 2 heterocycles. The fraction of sp³-hybridized carbons (Fsp3) is 0.769. The molecule has 4 heteroatoms. The summed E-state index contributed by atoms with van der Waals surface area (Å²) in [6.45, 7) is 9.85. The van der Waals surface area contributed by atoms with Crippen LogP contribution >= 0.6 is 0 Å². The number of nitrogens with one attached hydrogen (secondary N) is 1. The van der Waals surface area contributed by atoms with E-state index in [0.717, 1.165) is 11.7 Å². The zero-order valence-electron chi connectivity index (χ0n) is 11.1. The molecule has 1 saturated heterocycles. The average molecular weight is 237 g/mol. The molecule has 1 N–H and O–H groups in total. The lowest BCUT2D eigenvalue weighted by Crippen LogP contribution is -2.43. The maximum absolute atomic E-state index is 5.55. The van der Waals surface area contributed by atoms with Gasteiger partial charge in [0.1, 0.15) is 5.76 Å². The summed E-state index contributed by atoms with van der Waals surface area (Å²) in [7, 11) is 0. The minimum absolute atomic E-state index is 0.210. The van der Waals surface area contributed by atoms with Gasteiger partial charge in [0.2, 0.25) is 5.89 Å². The number of piperidine rings is 1.